The van der Waals surface area contributed by atoms with Crippen molar-refractivity contribution in [3.63, 3.8) is 0 Å². The molecule has 1 aliphatic heterocycles. The van der Waals surface area contributed by atoms with Crippen LogP contribution in [0.5, 0.6) is 0 Å². The molecule has 9 heteroatoms. The van der Waals surface area contributed by atoms with Crippen LogP contribution in [-0.4, -0.2) is 49.2 Å². The summed E-state index contributed by atoms with van der Waals surface area (Å²) in [5, 5.41) is 0. The van der Waals surface area contributed by atoms with Gasteiger partial charge in [-0.1, -0.05) is 24.0 Å². The summed E-state index contributed by atoms with van der Waals surface area (Å²) in [5.41, 5.74) is 3.10. The third-order valence-corrected chi connectivity index (χ3v) is 7.00. The smallest absolute Gasteiger partial charge is 0.261 e. The quantitative estimate of drug-likeness (QED) is 0.693. The van der Waals surface area contributed by atoms with Gasteiger partial charge in [0.1, 0.15) is 12.1 Å². The Kier molecular flexibility index (Phi) is 6.77. The average Bonchev–Trinajstić information content (AvgIpc) is 2.81. The third kappa shape index (κ3) is 5.24. The molecule has 2 aromatic heterocycles. The largest absolute Gasteiger partial charge is 0.377 e. The van der Waals surface area contributed by atoms with Gasteiger partial charge in [0.05, 0.1) is 46.8 Å². The van der Waals surface area contributed by atoms with Crippen LogP contribution < -0.4 is 9.62 Å². The molecule has 0 amide bonds. The van der Waals surface area contributed by atoms with Gasteiger partial charge in [0.15, 0.2) is 0 Å². The minimum atomic E-state index is -3.68. The van der Waals surface area contributed by atoms with Crippen LogP contribution in [0.15, 0.2) is 41.7 Å². The summed E-state index contributed by atoms with van der Waals surface area (Å²) in [6.45, 7) is 7.75. The van der Waals surface area contributed by atoms with E-state index in [2.05, 4.69) is 43.3 Å². The zero-order valence-corrected chi connectivity index (χ0v) is 19.8. The van der Waals surface area contributed by atoms with Crippen molar-refractivity contribution in [1.29, 1.82) is 0 Å². The monoisotopic (exact) mass is 465 g/mol. The van der Waals surface area contributed by atoms with E-state index in [0.29, 0.717) is 36.6 Å². The van der Waals surface area contributed by atoms with E-state index in [0.717, 1.165) is 30.0 Å². The van der Waals surface area contributed by atoms with Gasteiger partial charge < -0.3 is 9.64 Å². The number of aryl methyl sites for hydroxylation is 2. The van der Waals surface area contributed by atoms with Crippen LogP contribution in [0.2, 0.25) is 0 Å². The van der Waals surface area contributed by atoms with Crippen molar-refractivity contribution in [2.75, 3.05) is 29.4 Å². The van der Waals surface area contributed by atoms with E-state index in [9.17, 15) is 8.42 Å². The van der Waals surface area contributed by atoms with E-state index in [1.165, 1.54) is 0 Å². The number of morpholine rings is 1. The molecular weight excluding hydrogens is 438 g/mol. The van der Waals surface area contributed by atoms with E-state index in [4.69, 9.17) is 4.74 Å². The van der Waals surface area contributed by atoms with Crippen molar-refractivity contribution in [3.05, 3.63) is 64.2 Å². The standard InChI is InChI=1S/C24H27N5O3S/c1-17-15-32-12-11-29(17)24-22(18(2)26-16-27-24)10-9-20-13-23(19(3)25-14-20)28-33(30,31)21-7-5-4-6-8-21/h5,7-8,13-14,16-17,28H,4,6,11-12,15H2,1-3H3. The second-order valence-electron chi connectivity index (χ2n) is 8.07. The van der Waals surface area contributed by atoms with Gasteiger partial charge in [0.25, 0.3) is 10.0 Å². The lowest BCUT2D eigenvalue weighted by molar-refractivity contribution is 0.0985. The Morgan fingerprint density at radius 2 is 2.00 bits per heavy atom. The van der Waals surface area contributed by atoms with E-state index in [-0.39, 0.29) is 10.9 Å². The number of nitrogens with one attached hydrogen (secondary N) is 1. The number of ether oxygens (including phenoxy) is 1. The molecule has 8 nitrogen and oxygen atoms in total. The maximum absolute atomic E-state index is 12.8. The van der Waals surface area contributed by atoms with Gasteiger partial charge in [-0.05, 0) is 45.8 Å². The lowest BCUT2D eigenvalue weighted by atomic mass is 10.1. The predicted octanol–water partition coefficient (Wildman–Crippen LogP) is 3.09. The lowest BCUT2D eigenvalue weighted by Gasteiger charge is -2.34. The van der Waals surface area contributed by atoms with E-state index >= 15 is 0 Å². The van der Waals surface area contributed by atoms with Crippen LogP contribution in [0.1, 0.15) is 42.3 Å². The fourth-order valence-electron chi connectivity index (χ4n) is 3.70. The Hall–Kier alpha value is -3.22. The molecule has 0 bridgehead atoms. The molecular formula is C24H27N5O3S. The van der Waals surface area contributed by atoms with Crippen molar-refractivity contribution in [3.8, 4) is 11.8 Å². The second kappa shape index (κ2) is 9.73. The molecule has 3 heterocycles. The maximum atomic E-state index is 12.8. The first kappa shape index (κ1) is 23.0. The first-order valence-electron chi connectivity index (χ1n) is 10.9. The minimum absolute atomic E-state index is 0.179. The van der Waals surface area contributed by atoms with Crippen LogP contribution in [-0.2, 0) is 14.8 Å². The Bertz CT molecular complexity index is 1270. The summed E-state index contributed by atoms with van der Waals surface area (Å²) in [6, 6.07) is 1.88. The molecule has 0 spiro atoms. The van der Waals surface area contributed by atoms with Gasteiger partial charge in [0.2, 0.25) is 0 Å². The van der Waals surface area contributed by atoms with Crippen LogP contribution >= 0.6 is 0 Å². The molecule has 2 aliphatic rings. The highest BCUT2D eigenvalue weighted by atomic mass is 32.2. The van der Waals surface area contributed by atoms with Crippen molar-refractivity contribution >= 4 is 21.5 Å². The number of anilines is 2. The molecule has 0 radical (unpaired) electrons. The topological polar surface area (TPSA) is 97.3 Å². The van der Waals surface area contributed by atoms with Gasteiger partial charge in [-0.15, -0.1) is 0 Å². The first-order valence-corrected chi connectivity index (χ1v) is 12.4. The van der Waals surface area contributed by atoms with Crippen molar-refractivity contribution in [2.24, 2.45) is 0 Å². The van der Waals surface area contributed by atoms with Gasteiger partial charge >= 0.3 is 0 Å². The molecule has 1 atom stereocenters. The molecule has 1 aliphatic carbocycles. The molecule has 0 aromatic carbocycles. The molecule has 1 N–H and O–H groups in total. The molecule has 1 saturated heterocycles. The van der Waals surface area contributed by atoms with Crippen LogP contribution in [0.3, 0.4) is 0 Å². The molecule has 33 heavy (non-hydrogen) atoms. The molecule has 1 fully saturated rings. The SMILES string of the molecule is Cc1ncc(C#Cc2c(C)ncnc2N2CCOCC2C)cc1NS(=O)(=O)C1=CCCC=C1. The lowest BCUT2D eigenvalue weighted by Crippen LogP contribution is -2.44. The van der Waals surface area contributed by atoms with E-state index in [1.807, 2.05) is 13.0 Å². The molecule has 4 rings (SSSR count). The minimum Gasteiger partial charge on any atom is -0.377 e. The molecule has 1 unspecified atom stereocenters. The number of rotatable bonds is 4. The fourth-order valence-corrected chi connectivity index (χ4v) is 4.93. The number of pyridine rings is 1. The molecule has 0 saturated carbocycles. The van der Waals surface area contributed by atoms with Crippen molar-refractivity contribution in [2.45, 2.75) is 39.7 Å². The van der Waals surface area contributed by atoms with Gasteiger partial charge in [-0.2, -0.15) is 0 Å². The zero-order chi connectivity index (χ0) is 23.4. The van der Waals surface area contributed by atoms with Crippen LogP contribution in [0.25, 0.3) is 0 Å². The maximum Gasteiger partial charge on any atom is 0.261 e. The zero-order valence-electron chi connectivity index (χ0n) is 19.0. The Morgan fingerprint density at radius 3 is 2.76 bits per heavy atom. The summed E-state index contributed by atoms with van der Waals surface area (Å²) >= 11 is 0. The summed E-state index contributed by atoms with van der Waals surface area (Å²) in [4.78, 5) is 15.6. The highest BCUT2D eigenvalue weighted by Crippen LogP contribution is 2.24. The fraction of sp³-hybridized carbons (Fsp3) is 0.375. The first-order chi connectivity index (χ1) is 15.8. The third-order valence-electron chi connectivity index (χ3n) is 5.59. The van der Waals surface area contributed by atoms with E-state index in [1.54, 1.807) is 37.7 Å². The number of aromatic nitrogens is 3. The van der Waals surface area contributed by atoms with E-state index < -0.39 is 10.0 Å². The summed E-state index contributed by atoms with van der Waals surface area (Å²) in [6.07, 6.45) is 9.95. The number of sulfonamides is 1. The number of nitrogens with zero attached hydrogens (tertiary/aromatic N) is 4. The highest BCUT2D eigenvalue weighted by Gasteiger charge is 2.23. The Labute approximate surface area is 194 Å². The van der Waals surface area contributed by atoms with Crippen LogP contribution in [0.4, 0.5) is 11.5 Å². The van der Waals surface area contributed by atoms with Gasteiger partial charge in [-0.25, -0.2) is 18.4 Å². The highest BCUT2D eigenvalue weighted by molar-refractivity contribution is 7.96. The average molecular weight is 466 g/mol. The number of hydrogen-bond acceptors (Lipinski definition) is 7. The predicted molar refractivity (Wildman–Crippen MR) is 128 cm³/mol. The van der Waals surface area contributed by atoms with Crippen molar-refractivity contribution < 1.29 is 13.2 Å². The normalized spacial score (nSPS) is 18.3. The number of allylic oxidation sites excluding steroid dienone is 3. The van der Waals surface area contributed by atoms with Gasteiger partial charge in [0, 0.05) is 18.3 Å². The summed E-state index contributed by atoms with van der Waals surface area (Å²) < 4.78 is 33.7. The van der Waals surface area contributed by atoms with Crippen LogP contribution in [0, 0.1) is 25.7 Å². The summed E-state index contributed by atoms with van der Waals surface area (Å²) in [7, 11) is -3.68. The Balaban J connectivity index is 1.64. The summed E-state index contributed by atoms with van der Waals surface area (Å²) in [5.74, 6) is 7.09. The van der Waals surface area contributed by atoms with Gasteiger partial charge in [-0.3, -0.25) is 9.71 Å². The molecule has 2 aromatic rings. The number of hydrogen-bond donors (Lipinski definition) is 1. The van der Waals surface area contributed by atoms with Crippen molar-refractivity contribution in [1.82, 2.24) is 15.0 Å². The Morgan fingerprint density at radius 1 is 1.15 bits per heavy atom. The molecule has 172 valence electrons. The second-order valence-corrected chi connectivity index (χ2v) is 9.76.